The standard InChI is InChI=1S/C26H28N8O2/c1-16-3-5-19(30-25(35)15-33-12-17-4-6-20(33)7-17)8-22(16)31-26(36)21-10-29-34-14-23(27-11-24(21)34)18-9-28-32(2)13-18/h3,5,8-11,13-14,17,20H,4,6-7,12,15H2,1-2H3,(H,30,35)(H,31,36). The molecule has 184 valence electrons. The molecule has 2 fully saturated rings. The van der Waals surface area contributed by atoms with Gasteiger partial charge in [0.15, 0.2) is 0 Å². The lowest BCUT2D eigenvalue weighted by molar-refractivity contribution is -0.117. The van der Waals surface area contributed by atoms with E-state index >= 15 is 0 Å². The van der Waals surface area contributed by atoms with Gasteiger partial charge in [-0.15, -0.1) is 0 Å². The van der Waals surface area contributed by atoms with Gasteiger partial charge >= 0.3 is 0 Å². The second-order valence-electron chi connectivity index (χ2n) is 9.86. The number of hydrogen-bond acceptors (Lipinski definition) is 6. The summed E-state index contributed by atoms with van der Waals surface area (Å²) in [5.41, 5.74) is 4.79. The predicted molar refractivity (Wildman–Crippen MR) is 136 cm³/mol. The summed E-state index contributed by atoms with van der Waals surface area (Å²) in [4.78, 5) is 32.6. The lowest BCUT2D eigenvalue weighted by atomic mass is 10.1. The van der Waals surface area contributed by atoms with Crippen molar-refractivity contribution in [1.82, 2.24) is 29.3 Å². The molecular formula is C26H28N8O2. The Morgan fingerprint density at radius 3 is 2.72 bits per heavy atom. The minimum absolute atomic E-state index is 0.0261. The number of piperidine rings is 1. The van der Waals surface area contributed by atoms with E-state index in [0.717, 1.165) is 23.6 Å². The van der Waals surface area contributed by atoms with Crippen LogP contribution >= 0.6 is 0 Å². The molecule has 36 heavy (non-hydrogen) atoms. The van der Waals surface area contributed by atoms with E-state index in [2.05, 4.69) is 30.7 Å². The molecule has 2 N–H and O–H groups in total. The molecular weight excluding hydrogens is 456 g/mol. The second kappa shape index (κ2) is 8.87. The zero-order valence-electron chi connectivity index (χ0n) is 20.3. The van der Waals surface area contributed by atoms with Crippen molar-refractivity contribution >= 4 is 28.7 Å². The predicted octanol–water partition coefficient (Wildman–Crippen LogP) is 3.11. The highest BCUT2D eigenvalue weighted by molar-refractivity contribution is 6.09. The fourth-order valence-corrected chi connectivity index (χ4v) is 5.39. The summed E-state index contributed by atoms with van der Waals surface area (Å²) in [6.45, 7) is 3.35. The van der Waals surface area contributed by atoms with E-state index < -0.39 is 0 Å². The summed E-state index contributed by atoms with van der Waals surface area (Å²) in [5, 5.41) is 14.5. The van der Waals surface area contributed by atoms with Crippen molar-refractivity contribution in [1.29, 1.82) is 0 Å². The first-order chi connectivity index (χ1) is 17.4. The quantitative estimate of drug-likeness (QED) is 0.435. The maximum atomic E-state index is 13.1. The maximum absolute atomic E-state index is 13.1. The average Bonchev–Trinajstić information content (AvgIpc) is 3.65. The number of anilines is 2. The zero-order chi connectivity index (χ0) is 24.8. The molecule has 10 heteroatoms. The van der Waals surface area contributed by atoms with E-state index in [0.29, 0.717) is 40.7 Å². The van der Waals surface area contributed by atoms with Gasteiger partial charge < -0.3 is 10.6 Å². The van der Waals surface area contributed by atoms with E-state index in [4.69, 9.17) is 0 Å². The van der Waals surface area contributed by atoms with Gasteiger partial charge in [0, 0.05) is 42.8 Å². The summed E-state index contributed by atoms with van der Waals surface area (Å²) >= 11 is 0. The molecule has 2 atom stereocenters. The van der Waals surface area contributed by atoms with Gasteiger partial charge in [-0.3, -0.25) is 24.2 Å². The van der Waals surface area contributed by atoms with Crippen molar-refractivity contribution in [3.8, 4) is 11.3 Å². The Bertz CT molecular complexity index is 1470. The van der Waals surface area contributed by atoms with Crippen molar-refractivity contribution in [2.75, 3.05) is 23.7 Å². The largest absolute Gasteiger partial charge is 0.325 e. The van der Waals surface area contributed by atoms with Gasteiger partial charge in [0.2, 0.25) is 5.91 Å². The highest BCUT2D eigenvalue weighted by Crippen LogP contribution is 2.37. The molecule has 10 nitrogen and oxygen atoms in total. The van der Waals surface area contributed by atoms with Crippen LogP contribution in [0.1, 0.15) is 35.2 Å². The van der Waals surface area contributed by atoms with Gasteiger partial charge in [-0.2, -0.15) is 10.2 Å². The van der Waals surface area contributed by atoms with Gasteiger partial charge in [0.05, 0.1) is 48.1 Å². The van der Waals surface area contributed by atoms with Gasteiger partial charge in [0.25, 0.3) is 5.91 Å². The lowest BCUT2D eigenvalue weighted by Gasteiger charge is -2.25. The van der Waals surface area contributed by atoms with Crippen LogP contribution in [0.4, 0.5) is 11.4 Å². The molecule has 4 heterocycles. The number of carbonyl (C=O) groups excluding carboxylic acids is 2. The third-order valence-electron chi connectivity index (χ3n) is 7.29. The number of nitrogens with zero attached hydrogens (tertiary/aromatic N) is 6. The van der Waals surface area contributed by atoms with Crippen LogP contribution in [0.25, 0.3) is 16.8 Å². The highest BCUT2D eigenvalue weighted by atomic mass is 16.2. The molecule has 0 radical (unpaired) electrons. The van der Waals surface area contributed by atoms with E-state index in [9.17, 15) is 9.59 Å². The monoisotopic (exact) mass is 484 g/mol. The van der Waals surface area contributed by atoms with E-state index in [-0.39, 0.29) is 11.8 Å². The first-order valence-electron chi connectivity index (χ1n) is 12.2. The van der Waals surface area contributed by atoms with Crippen LogP contribution in [0.2, 0.25) is 0 Å². The molecule has 3 aromatic heterocycles. The number of aromatic nitrogens is 5. The number of carbonyl (C=O) groups is 2. The average molecular weight is 485 g/mol. The molecule has 2 unspecified atom stereocenters. The molecule has 2 amide bonds. The number of nitrogens with one attached hydrogen (secondary N) is 2. The fourth-order valence-electron chi connectivity index (χ4n) is 5.39. The lowest BCUT2D eigenvalue weighted by Crippen LogP contribution is -2.38. The Hall–Kier alpha value is -4.05. The maximum Gasteiger partial charge on any atom is 0.259 e. The second-order valence-corrected chi connectivity index (χ2v) is 9.86. The summed E-state index contributed by atoms with van der Waals surface area (Å²) in [6.07, 6.45) is 12.3. The normalized spacial score (nSPS) is 19.2. The summed E-state index contributed by atoms with van der Waals surface area (Å²) in [6, 6.07) is 6.10. The van der Waals surface area contributed by atoms with E-state index in [1.54, 1.807) is 33.9 Å². The van der Waals surface area contributed by atoms with Crippen molar-refractivity contribution in [3.63, 3.8) is 0 Å². The SMILES string of the molecule is Cc1ccc(NC(=O)CN2CC3CCC2C3)cc1NC(=O)c1cnn2cc(-c3cnn(C)c3)ncc12. The molecule has 1 saturated carbocycles. The first-order valence-corrected chi connectivity index (χ1v) is 12.2. The van der Waals surface area contributed by atoms with Gasteiger partial charge in [-0.25, -0.2) is 4.52 Å². The molecule has 1 aliphatic heterocycles. The van der Waals surface area contributed by atoms with Gasteiger partial charge in [-0.1, -0.05) is 6.07 Å². The van der Waals surface area contributed by atoms with E-state index in [1.165, 1.54) is 25.5 Å². The zero-order valence-corrected chi connectivity index (χ0v) is 20.3. The number of aryl methyl sites for hydroxylation is 2. The minimum atomic E-state index is -0.291. The Kier molecular flexibility index (Phi) is 5.52. The number of benzene rings is 1. The number of fused-ring (bicyclic) bond motifs is 3. The Morgan fingerprint density at radius 2 is 1.97 bits per heavy atom. The van der Waals surface area contributed by atoms with E-state index in [1.807, 2.05) is 32.3 Å². The summed E-state index contributed by atoms with van der Waals surface area (Å²) in [7, 11) is 1.84. The van der Waals surface area contributed by atoms with Crippen LogP contribution in [0.15, 0.2) is 49.2 Å². The molecule has 1 aromatic carbocycles. The molecule has 4 aromatic rings. The molecule has 0 spiro atoms. The summed E-state index contributed by atoms with van der Waals surface area (Å²) < 4.78 is 3.34. The van der Waals surface area contributed by atoms with Crippen molar-refractivity contribution in [2.24, 2.45) is 13.0 Å². The molecule has 2 bridgehead atoms. The van der Waals surface area contributed by atoms with Crippen molar-refractivity contribution < 1.29 is 9.59 Å². The van der Waals surface area contributed by atoms with Crippen molar-refractivity contribution in [2.45, 2.75) is 32.2 Å². The van der Waals surface area contributed by atoms with Crippen molar-refractivity contribution in [3.05, 3.63) is 60.3 Å². The van der Waals surface area contributed by atoms with Crippen LogP contribution in [-0.4, -0.2) is 60.2 Å². The van der Waals surface area contributed by atoms with Gasteiger partial charge in [-0.05, 0) is 49.8 Å². The van der Waals surface area contributed by atoms with Crippen LogP contribution in [0.3, 0.4) is 0 Å². The molecule has 2 aliphatic rings. The highest BCUT2D eigenvalue weighted by Gasteiger charge is 2.38. The molecule has 1 saturated heterocycles. The molecule has 1 aliphatic carbocycles. The first kappa shape index (κ1) is 22.4. The smallest absolute Gasteiger partial charge is 0.259 e. The number of amides is 2. The number of likely N-dealkylation sites (tertiary alicyclic amines) is 1. The van der Waals surface area contributed by atoms with Crippen LogP contribution < -0.4 is 10.6 Å². The Labute approximate surface area is 208 Å². The topological polar surface area (TPSA) is 109 Å². The number of rotatable bonds is 6. The minimum Gasteiger partial charge on any atom is -0.325 e. The van der Waals surface area contributed by atoms with Crippen LogP contribution in [0.5, 0.6) is 0 Å². The third kappa shape index (κ3) is 4.24. The Morgan fingerprint density at radius 1 is 1.08 bits per heavy atom. The van der Waals surface area contributed by atoms with Crippen LogP contribution in [0, 0.1) is 12.8 Å². The summed E-state index contributed by atoms with van der Waals surface area (Å²) in [5.74, 6) is 0.434. The van der Waals surface area contributed by atoms with Gasteiger partial charge in [0.1, 0.15) is 0 Å². The number of hydrogen-bond donors (Lipinski definition) is 2. The molecule has 6 rings (SSSR count). The Balaban J connectivity index is 1.15. The fraction of sp³-hybridized carbons (Fsp3) is 0.346. The third-order valence-corrected chi connectivity index (χ3v) is 7.29. The van der Waals surface area contributed by atoms with Crippen LogP contribution in [-0.2, 0) is 11.8 Å².